The fraction of sp³-hybridized carbons (Fsp3) is 0.400. The maximum absolute atomic E-state index is 10.8. The number of nitro benzene ring substituents is 2. The van der Waals surface area contributed by atoms with Gasteiger partial charge in [0.15, 0.2) is 0 Å². The Morgan fingerprint density at radius 3 is 2.35 bits per heavy atom. The Labute approximate surface area is 97.7 Å². The van der Waals surface area contributed by atoms with Crippen molar-refractivity contribution in [2.45, 2.75) is 13.3 Å². The van der Waals surface area contributed by atoms with Gasteiger partial charge in [-0.2, -0.15) is 0 Å². The molecule has 0 heterocycles. The van der Waals surface area contributed by atoms with E-state index in [1.807, 2.05) is 0 Å². The van der Waals surface area contributed by atoms with Crippen molar-refractivity contribution in [3.05, 3.63) is 43.5 Å². The molecule has 0 spiro atoms. The number of non-ortho nitro benzene ring substituents is 1. The summed E-state index contributed by atoms with van der Waals surface area (Å²) < 4.78 is 0. The maximum Gasteiger partial charge on any atom is 0.279 e. The second kappa shape index (κ2) is 5.35. The molecule has 0 atom stereocenters. The van der Waals surface area contributed by atoms with Gasteiger partial charge >= 0.3 is 0 Å². The van der Waals surface area contributed by atoms with Crippen molar-refractivity contribution in [3.8, 4) is 0 Å². The summed E-state index contributed by atoms with van der Waals surface area (Å²) in [5.74, 6) is 0. The van der Waals surface area contributed by atoms with E-state index in [-0.39, 0.29) is 11.4 Å². The zero-order chi connectivity index (χ0) is 13.0. The molecule has 1 rings (SSSR count). The van der Waals surface area contributed by atoms with E-state index in [4.69, 9.17) is 0 Å². The summed E-state index contributed by atoms with van der Waals surface area (Å²) in [6, 6.07) is 2.39. The van der Waals surface area contributed by atoms with E-state index in [9.17, 15) is 20.2 Å². The van der Waals surface area contributed by atoms with Crippen LogP contribution in [0.4, 0.5) is 11.4 Å². The van der Waals surface area contributed by atoms with E-state index in [1.165, 1.54) is 6.07 Å². The molecule has 0 bridgehead atoms. The van der Waals surface area contributed by atoms with Crippen LogP contribution in [0, 0.1) is 27.2 Å². The first-order valence-electron chi connectivity index (χ1n) is 5.04. The minimum absolute atomic E-state index is 0.203. The Kier molecular flexibility index (Phi) is 4.11. The number of nitro groups is 2. The van der Waals surface area contributed by atoms with Crippen molar-refractivity contribution in [1.82, 2.24) is 5.32 Å². The number of benzene rings is 1. The van der Waals surface area contributed by atoms with Crippen LogP contribution in [0.3, 0.4) is 0 Å². The monoisotopic (exact) mass is 239 g/mol. The van der Waals surface area contributed by atoms with Crippen LogP contribution in [0.2, 0.25) is 0 Å². The smallest absolute Gasteiger partial charge is 0.279 e. The van der Waals surface area contributed by atoms with Crippen LogP contribution in [-0.2, 0) is 6.42 Å². The van der Waals surface area contributed by atoms with Crippen LogP contribution in [0.25, 0.3) is 0 Å². The van der Waals surface area contributed by atoms with Crippen molar-refractivity contribution >= 4 is 11.4 Å². The lowest BCUT2D eigenvalue weighted by Gasteiger charge is -2.06. The lowest BCUT2D eigenvalue weighted by atomic mass is 10.0. The number of likely N-dealkylation sites (N-methyl/N-ethyl adjacent to an activating group) is 1. The summed E-state index contributed by atoms with van der Waals surface area (Å²) >= 11 is 0. The van der Waals surface area contributed by atoms with Crippen molar-refractivity contribution in [2.24, 2.45) is 0 Å². The third-order valence-electron chi connectivity index (χ3n) is 2.52. The molecule has 0 radical (unpaired) electrons. The highest BCUT2D eigenvalue weighted by Crippen LogP contribution is 2.28. The maximum atomic E-state index is 10.8. The normalized spacial score (nSPS) is 10.2. The van der Waals surface area contributed by atoms with Crippen LogP contribution in [0.15, 0.2) is 12.1 Å². The molecule has 0 aliphatic heterocycles. The number of hydrogen-bond acceptors (Lipinski definition) is 5. The number of rotatable bonds is 5. The molecule has 0 aromatic heterocycles. The van der Waals surface area contributed by atoms with Gasteiger partial charge in [0.25, 0.3) is 11.4 Å². The van der Waals surface area contributed by atoms with Crippen LogP contribution in [-0.4, -0.2) is 23.4 Å². The second-order valence-electron chi connectivity index (χ2n) is 3.62. The van der Waals surface area contributed by atoms with E-state index in [1.54, 1.807) is 14.0 Å². The Balaban J connectivity index is 3.27. The molecule has 0 fully saturated rings. The predicted molar refractivity (Wildman–Crippen MR) is 62.1 cm³/mol. The zero-order valence-electron chi connectivity index (χ0n) is 9.60. The van der Waals surface area contributed by atoms with E-state index in [2.05, 4.69) is 5.32 Å². The molecule has 0 amide bonds. The summed E-state index contributed by atoms with van der Waals surface area (Å²) in [7, 11) is 1.75. The first kappa shape index (κ1) is 13.0. The Hall–Kier alpha value is -2.02. The zero-order valence-corrected chi connectivity index (χ0v) is 9.60. The molecule has 17 heavy (non-hydrogen) atoms. The molecule has 1 aromatic carbocycles. The van der Waals surface area contributed by atoms with Crippen molar-refractivity contribution in [2.75, 3.05) is 13.6 Å². The van der Waals surface area contributed by atoms with Crippen molar-refractivity contribution in [1.29, 1.82) is 0 Å². The van der Waals surface area contributed by atoms with Crippen LogP contribution < -0.4 is 5.32 Å². The summed E-state index contributed by atoms with van der Waals surface area (Å²) in [5.41, 5.74) is 0.662. The molecule has 1 aromatic rings. The first-order valence-corrected chi connectivity index (χ1v) is 5.04. The van der Waals surface area contributed by atoms with E-state index < -0.39 is 9.85 Å². The molecule has 1 N–H and O–H groups in total. The Morgan fingerprint density at radius 1 is 1.24 bits per heavy atom. The highest BCUT2D eigenvalue weighted by molar-refractivity contribution is 5.53. The highest BCUT2D eigenvalue weighted by atomic mass is 16.6. The van der Waals surface area contributed by atoms with Gasteiger partial charge in [-0.1, -0.05) is 0 Å². The lowest BCUT2D eigenvalue weighted by molar-refractivity contribution is -0.394. The molecular weight excluding hydrogens is 226 g/mol. The Bertz CT molecular complexity index is 459. The van der Waals surface area contributed by atoms with Crippen molar-refractivity contribution in [3.63, 3.8) is 0 Å². The lowest BCUT2D eigenvalue weighted by Crippen LogP contribution is -2.11. The molecule has 7 heteroatoms. The minimum atomic E-state index is -0.616. The summed E-state index contributed by atoms with van der Waals surface area (Å²) in [6.45, 7) is 2.21. The van der Waals surface area contributed by atoms with Gasteiger partial charge < -0.3 is 5.32 Å². The molecule has 92 valence electrons. The molecule has 0 saturated carbocycles. The van der Waals surface area contributed by atoms with Gasteiger partial charge in [-0.3, -0.25) is 20.2 Å². The molecule has 0 unspecified atom stereocenters. The fourth-order valence-corrected chi connectivity index (χ4v) is 1.56. The SMILES string of the molecule is CNCCc1cc([N+](=O)[O-])cc([N+](=O)[O-])c1C. The van der Waals surface area contributed by atoms with Crippen LogP contribution >= 0.6 is 0 Å². The molecule has 7 nitrogen and oxygen atoms in total. The average molecular weight is 239 g/mol. The number of nitrogens with one attached hydrogen (secondary N) is 1. The number of hydrogen-bond donors (Lipinski definition) is 1. The van der Waals surface area contributed by atoms with Crippen LogP contribution in [0.1, 0.15) is 11.1 Å². The summed E-state index contributed by atoms with van der Waals surface area (Å²) in [6.07, 6.45) is 0.519. The Morgan fingerprint density at radius 2 is 1.88 bits per heavy atom. The minimum Gasteiger partial charge on any atom is -0.319 e. The standard InChI is InChI=1S/C10H13N3O4/c1-7-8(3-4-11-2)5-9(12(14)15)6-10(7)13(16)17/h5-6,11H,3-4H2,1-2H3. The van der Waals surface area contributed by atoms with Gasteiger partial charge in [0.05, 0.1) is 15.9 Å². The predicted octanol–water partition coefficient (Wildman–Crippen LogP) is 1.57. The van der Waals surface area contributed by atoms with E-state index in [0.717, 1.165) is 6.07 Å². The van der Waals surface area contributed by atoms with E-state index in [0.29, 0.717) is 24.1 Å². The summed E-state index contributed by atoms with van der Waals surface area (Å²) in [5, 5.41) is 24.4. The topological polar surface area (TPSA) is 98.3 Å². The van der Waals surface area contributed by atoms with Gasteiger partial charge in [0.1, 0.15) is 0 Å². The van der Waals surface area contributed by atoms with Gasteiger partial charge in [-0.15, -0.1) is 0 Å². The quantitative estimate of drug-likeness (QED) is 0.621. The molecule has 0 aliphatic carbocycles. The van der Waals surface area contributed by atoms with Gasteiger partial charge in [-0.25, -0.2) is 0 Å². The molecular formula is C10H13N3O4. The third kappa shape index (κ3) is 2.97. The molecule has 0 saturated heterocycles. The van der Waals surface area contributed by atoms with Gasteiger partial charge in [-0.05, 0) is 32.5 Å². The van der Waals surface area contributed by atoms with E-state index >= 15 is 0 Å². The average Bonchev–Trinajstić information content (AvgIpc) is 2.26. The third-order valence-corrected chi connectivity index (χ3v) is 2.52. The second-order valence-corrected chi connectivity index (χ2v) is 3.62. The van der Waals surface area contributed by atoms with Gasteiger partial charge in [0, 0.05) is 11.6 Å². The largest absolute Gasteiger partial charge is 0.319 e. The van der Waals surface area contributed by atoms with Crippen LogP contribution in [0.5, 0.6) is 0 Å². The highest BCUT2D eigenvalue weighted by Gasteiger charge is 2.20. The van der Waals surface area contributed by atoms with Gasteiger partial charge in [0.2, 0.25) is 0 Å². The molecule has 0 aliphatic rings. The first-order chi connectivity index (χ1) is 7.97. The fourth-order valence-electron chi connectivity index (χ4n) is 1.56. The van der Waals surface area contributed by atoms with Crippen molar-refractivity contribution < 1.29 is 9.85 Å². The summed E-state index contributed by atoms with van der Waals surface area (Å²) in [4.78, 5) is 20.3. The number of nitrogens with zero attached hydrogens (tertiary/aromatic N) is 2.